The van der Waals surface area contributed by atoms with Crippen molar-refractivity contribution in [3.8, 4) is 0 Å². The van der Waals surface area contributed by atoms with E-state index in [1.807, 2.05) is 6.26 Å². The Morgan fingerprint density at radius 3 is 0.941 bits per heavy atom. The summed E-state index contributed by atoms with van der Waals surface area (Å²) in [5.41, 5.74) is 17.5. The van der Waals surface area contributed by atoms with Gasteiger partial charge in [-0.2, -0.15) is 11.8 Å². The van der Waals surface area contributed by atoms with E-state index in [0.29, 0.717) is 44.4 Å². The SMILES string of the molecule is CC[C@H](C)[C@H](NC(=O)[C@@H](NC(=O)[C@H](C)NC(=O)CNC(=O)[C@H](CC(C)C)NC(=O)[C@@H](NC(=O)[C@H](CC(C)C)NC(=O)[C@H](CCCCN)NC(=O)[C@@H](NC(=O)[C@H](C)NC(=O)[C@H](CCCCN)NC(=O)[C@@H](N)CCSC)[C@@H](C)O)C(C)C)C(C)C)C(=O)N[C@@H](CC(C)C)C(=O)NCC(=O)N[C@@H](CO)C(=O)N[C@H](C(=O)N[C@@H](CC(C)C)C(=O)N[C@@H](CC(C)C)C(=O)N[C@@H](C)C(=O)NCC(=O)O)[C@@H](C)O. The molecule has 0 aliphatic carbocycles. The van der Waals surface area contributed by atoms with Crippen LogP contribution < -0.4 is 118 Å². The number of aliphatic hydroxyl groups is 3. The zero-order valence-electron chi connectivity index (χ0n) is 83.3. The summed E-state index contributed by atoms with van der Waals surface area (Å²) < 4.78 is 0. The first kappa shape index (κ1) is 126. The predicted octanol–water partition coefficient (Wildman–Crippen LogP) is -5.08. The van der Waals surface area contributed by atoms with Gasteiger partial charge in [0.25, 0.3) is 0 Å². The second-order valence-corrected chi connectivity index (χ2v) is 38.4. The lowest BCUT2D eigenvalue weighted by atomic mass is 9.95. The van der Waals surface area contributed by atoms with Crippen molar-refractivity contribution in [3.63, 3.8) is 0 Å². The summed E-state index contributed by atoms with van der Waals surface area (Å²) in [6.07, 6.45) is 1.10. The van der Waals surface area contributed by atoms with E-state index in [-0.39, 0.29) is 87.5 Å². The summed E-state index contributed by atoms with van der Waals surface area (Å²) in [6, 6.07) is -23.3. The lowest BCUT2D eigenvalue weighted by molar-refractivity contribution is -0.138. The molecule has 0 rings (SSSR count). The fourth-order valence-electron chi connectivity index (χ4n) is 13.6. The first-order valence-electron chi connectivity index (χ1n) is 46.9. The second kappa shape index (κ2) is 65.3. The number of nitrogens with two attached hydrogens (primary N) is 3. The highest BCUT2D eigenvalue weighted by Crippen LogP contribution is 2.18. The Morgan fingerprint density at radius 1 is 0.294 bits per heavy atom. The van der Waals surface area contributed by atoms with Crippen LogP contribution in [0.3, 0.4) is 0 Å². The highest BCUT2D eigenvalue weighted by molar-refractivity contribution is 7.98. The fraction of sp³-hybridized carbons (Fsp3) is 0.775. The molecular formula is C89H162N22O24S. The van der Waals surface area contributed by atoms with Crippen LogP contribution in [0.2, 0.25) is 0 Å². The predicted molar refractivity (Wildman–Crippen MR) is 508 cm³/mol. The maximum atomic E-state index is 14.4. The number of amides is 19. The van der Waals surface area contributed by atoms with Crippen LogP contribution >= 0.6 is 11.8 Å². The summed E-state index contributed by atoms with van der Waals surface area (Å²) in [6.45, 7) is 30.7. The van der Waals surface area contributed by atoms with Crippen molar-refractivity contribution in [2.24, 2.45) is 64.5 Å². The molecule has 136 heavy (non-hydrogen) atoms. The van der Waals surface area contributed by atoms with E-state index >= 15 is 0 Å². The molecule has 19 amide bonds. The molecule has 0 aromatic carbocycles. The number of unbranched alkanes of at least 4 members (excludes halogenated alkanes) is 2. The summed E-state index contributed by atoms with van der Waals surface area (Å²) >= 11 is 1.49. The van der Waals surface area contributed by atoms with Crippen molar-refractivity contribution >= 4 is 130 Å². The van der Waals surface area contributed by atoms with Crippen LogP contribution in [-0.4, -0.2) is 305 Å². The average molecular weight is 1960 g/mol. The molecule has 20 atom stereocenters. The van der Waals surface area contributed by atoms with E-state index in [1.165, 1.54) is 39.5 Å². The van der Waals surface area contributed by atoms with Crippen LogP contribution in [0.4, 0.5) is 0 Å². The first-order chi connectivity index (χ1) is 63.4. The van der Waals surface area contributed by atoms with Crippen molar-refractivity contribution in [1.82, 2.24) is 101 Å². The van der Waals surface area contributed by atoms with Gasteiger partial charge in [0.2, 0.25) is 112 Å². The molecule has 0 saturated heterocycles. The minimum Gasteiger partial charge on any atom is -0.480 e. The first-order valence-corrected chi connectivity index (χ1v) is 48.3. The molecule has 46 nitrogen and oxygen atoms in total. The van der Waals surface area contributed by atoms with Crippen LogP contribution in [0, 0.1) is 47.3 Å². The molecule has 0 spiro atoms. The number of aliphatic hydroxyl groups excluding tert-OH is 3. The number of carboxylic acid groups (broad SMARTS) is 1. The van der Waals surface area contributed by atoms with E-state index in [2.05, 4.69) is 101 Å². The molecule has 47 heteroatoms. The number of thioether (sulfide) groups is 1. The second-order valence-electron chi connectivity index (χ2n) is 37.4. The molecule has 0 unspecified atom stereocenters. The Bertz CT molecular complexity index is 3900. The van der Waals surface area contributed by atoms with E-state index < -0.39 is 277 Å². The van der Waals surface area contributed by atoms with Crippen LogP contribution in [0.5, 0.6) is 0 Å². The molecule has 0 heterocycles. The molecule has 0 aromatic rings. The van der Waals surface area contributed by atoms with E-state index in [4.69, 9.17) is 22.3 Å². The van der Waals surface area contributed by atoms with E-state index in [9.17, 15) is 111 Å². The average Bonchev–Trinajstić information content (AvgIpc) is 0.903. The number of carbonyl (C=O) groups is 20. The van der Waals surface area contributed by atoms with Crippen LogP contribution in [0.15, 0.2) is 0 Å². The summed E-state index contributed by atoms with van der Waals surface area (Å²) in [7, 11) is 0. The Balaban J connectivity index is 6.44. The molecule has 0 aliphatic heterocycles. The quantitative estimate of drug-likeness (QED) is 0.0253. The maximum absolute atomic E-state index is 14.4. The fourth-order valence-corrected chi connectivity index (χ4v) is 14.1. The van der Waals surface area contributed by atoms with Crippen molar-refractivity contribution in [3.05, 3.63) is 0 Å². The van der Waals surface area contributed by atoms with Gasteiger partial charge < -0.3 is 139 Å². The highest BCUT2D eigenvalue weighted by atomic mass is 32.2. The van der Waals surface area contributed by atoms with E-state index in [1.54, 1.807) is 111 Å². The van der Waals surface area contributed by atoms with Gasteiger partial charge in [-0.25, -0.2) is 0 Å². The van der Waals surface area contributed by atoms with E-state index in [0.717, 1.165) is 6.92 Å². The zero-order chi connectivity index (χ0) is 104. The Labute approximate surface area is 803 Å². The normalized spacial score (nSPS) is 15.9. The maximum Gasteiger partial charge on any atom is 0.322 e. The van der Waals surface area contributed by atoms with Crippen LogP contribution in [-0.2, 0) is 95.9 Å². The largest absolute Gasteiger partial charge is 0.480 e. The third-order valence-electron chi connectivity index (χ3n) is 21.6. The summed E-state index contributed by atoms with van der Waals surface area (Å²) in [5.74, 6) is -20.6. The molecular weight excluding hydrogens is 1790 g/mol. The molecule has 0 aliphatic rings. The number of nitrogens with one attached hydrogen (secondary N) is 19. The number of rotatable bonds is 67. The molecule has 0 fully saturated rings. The summed E-state index contributed by atoms with van der Waals surface area (Å²) in [4.78, 5) is 273. The molecule has 0 aromatic heterocycles. The van der Waals surface area contributed by atoms with Gasteiger partial charge in [-0.1, -0.05) is 117 Å². The number of hydrogen-bond donors (Lipinski definition) is 26. The van der Waals surface area contributed by atoms with Gasteiger partial charge in [-0.15, -0.1) is 0 Å². The highest BCUT2D eigenvalue weighted by Gasteiger charge is 2.41. The topological polar surface area (TPSA) is 729 Å². The van der Waals surface area contributed by atoms with Gasteiger partial charge >= 0.3 is 5.97 Å². The van der Waals surface area contributed by atoms with Gasteiger partial charge in [0.1, 0.15) is 103 Å². The minimum atomic E-state index is -1.82. The van der Waals surface area contributed by atoms with Gasteiger partial charge in [-0.05, 0) is 184 Å². The molecule has 778 valence electrons. The van der Waals surface area contributed by atoms with Gasteiger partial charge in [0, 0.05) is 0 Å². The Morgan fingerprint density at radius 2 is 0.574 bits per heavy atom. The van der Waals surface area contributed by atoms with Crippen molar-refractivity contribution in [2.75, 3.05) is 51.3 Å². The lowest BCUT2D eigenvalue weighted by Crippen LogP contribution is -2.62. The van der Waals surface area contributed by atoms with Crippen molar-refractivity contribution < 1.29 is 116 Å². The number of carboxylic acids is 1. The molecule has 0 bridgehead atoms. The van der Waals surface area contributed by atoms with Gasteiger partial charge in [0.15, 0.2) is 0 Å². The molecule has 29 N–H and O–H groups in total. The number of aliphatic carboxylic acids is 1. The molecule has 0 radical (unpaired) electrons. The smallest absolute Gasteiger partial charge is 0.322 e. The van der Waals surface area contributed by atoms with Crippen molar-refractivity contribution in [1.29, 1.82) is 0 Å². The van der Waals surface area contributed by atoms with Crippen molar-refractivity contribution in [2.45, 2.75) is 344 Å². The molecule has 0 saturated carbocycles. The number of hydrogen-bond acceptors (Lipinski definition) is 27. The number of carbonyl (C=O) groups excluding carboxylic acids is 19. The monoisotopic (exact) mass is 1960 g/mol. The lowest BCUT2D eigenvalue weighted by Gasteiger charge is -2.30. The van der Waals surface area contributed by atoms with Crippen LogP contribution in [0.1, 0.15) is 229 Å². The third-order valence-corrected chi connectivity index (χ3v) is 22.3. The van der Waals surface area contributed by atoms with Gasteiger partial charge in [0.05, 0.1) is 37.9 Å². The van der Waals surface area contributed by atoms with Crippen LogP contribution in [0.25, 0.3) is 0 Å². The Kier molecular flexibility index (Phi) is 60.3. The van der Waals surface area contributed by atoms with Gasteiger partial charge in [-0.3, -0.25) is 95.9 Å². The standard InChI is InChI=1S/C89H162N22O24S/c1-23-50(16)70(87(133)105-60(35-44(4)5)78(124)94-40-66(116)99-64(42-112)84(130)111-72(55(21)114)89(135)106-62(37-46(8)9)82(128)103-61(36-45(6)7)81(127)97-51(17)73(119)95-41-67(117)118)109-86(132)69(49(14)15)107-74(120)52(18)96-65(115)39-93-77(123)59(34-43(2)3)104-85(131)68(48(12)13)108-83(129)63(38-47(10)11)102-80(126)58(29-25-27-32-91)101-88(134)71(54(20)113)110-75(121)53(19)98-79(125)57(28-24-26-31-90)100-76(122)56(92)30-33-136-22/h43-64,68-72,112-114H,23-42,90-92H2,1-22H3,(H,93,123)(H,94,124)(H,95,119)(H,96,115)(H,97,127)(H,98,125)(H,99,116)(H,100,122)(H,101,134)(H,102,126)(H,103,128)(H,104,131)(H,105,133)(H,106,135)(H,107,120)(H,108,129)(H,109,132)(H,110,121)(H,111,130)(H,117,118)/t50-,51-,52-,53-,54+,55+,56-,57-,58-,59-,60-,61-,62-,63-,64-,68-,69-,70-,71-,72-/m0/s1. The Hall–Kier alpha value is -10.5. The summed E-state index contributed by atoms with van der Waals surface area (Å²) in [5, 5.41) is 88.6. The zero-order valence-corrected chi connectivity index (χ0v) is 84.1. The minimum absolute atomic E-state index is 0.00873. The third kappa shape index (κ3) is 49.0.